The zero-order valence-corrected chi connectivity index (χ0v) is 14.5. The average Bonchev–Trinajstić information content (AvgIpc) is 2.90. The molecule has 124 valence electrons. The molecule has 3 aromatic rings. The number of nitrogens with two attached hydrogens (primary N) is 1. The first kappa shape index (κ1) is 16.3. The summed E-state index contributed by atoms with van der Waals surface area (Å²) in [6.45, 7) is 5.98. The number of aromatic amines is 1. The standard InChI is InChI=1S/C17H19ClN6/c1-8(2)23-17-13(16(20)21-7-22-17)14(19)12-6-10-4-9(3)5-11(18)15(10)24-12/h4-8,19,24H,1-3H3,(H3,20,21,22,23). The van der Waals surface area contributed by atoms with Gasteiger partial charge in [-0.15, -0.1) is 0 Å². The zero-order chi connectivity index (χ0) is 17.4. The van der Waals surface area contributed by atoms with Crippen LogP contribution < -0.4 is 11.1 Å². The Hall–Kier alpha value is -2.60. The number of nitrogens with one attached hydrogen (secondary N) is 3. The van der Waals surface area contributed by atoms with Crippen molar-refractivity contribution in [3.8, 4) is 0 Å². The highest BCUT2D eigenvalue weighted by atomic mass is 35.5. The summed E-state index contributed by atoms with van der Waals surface area (Å²) in [5.41, 5.74) is 9.19. The minimum Gasteiger partial charge on any atom is -0.383 e. The van der Waals surface area contributed by atoms with Crippen molar-refractivity contribution in [2.45, 2.75) is 26.8 Å². The lowest BCUT2D eigenvalue weighted by Gasteiger charge is -2.14. The van der Waals surface area contributed by atoms with Crippen LogP contribution in [0.1, 0.15) is 30.7 Å². The maximum Gasteiger partial charge on any atom is 0.141 e. The molecule has 0 saturated carbocycles. The molecule has 0 radical (unpaired) electrons. The van der Waals surface area contributed by atoms with Gasteiger partial charge in [-0.3, -0.25) is 5.41 Å². The van der Waals surface area contributed by atoms with E-state index in [2.05, 4.69) is 20.3 Å². The first-order valence-electron chi connectivity index (χ1n) is 7.62. The number of hydrogen-bond acceptors (Lipinski definition) is 5. The Morgan fingerprint density at radius 2 is 2.04 bits per heavy atom. The summed E-state index contributed by atoms with van der Waals surface area (Å²) in [5, 5.41) is 13.4. The lowest BCUT2D eigenvalue weighted by molar-refractivity contribution is 0.885. The number of H-pyrrole nitrogens is 1. The van der Waals surface area contributed by atoms with Gasteiger partial charge in [0.05, 0.1) is 27.5 Å². The molecule has 2 aromatic heterocycles. The summed E-state index contributed by atoms with van der Waals surface area (Å²) >= 11 is 6.29. The van der Waals surface area contributed by atoms with Crippen LogP contribution in [0, 0.1) is 12.3 Å². The van der Waals surface area contributed by atoms with Crippen molar-refractivity contribution in [1.82, 2.24) is 15.0 Å². The van der Waals surface area contributed by atoms with E-state index in [1.807, 2.05) is 39.0 Å². The molecule has 7 heteroatoms. The van der Waals surface area contributed by atoms with Gasteiger partial charge in [0.25, 0.3) is 0 Å². The molecule has 2 heterocycles. The quantitative estimate of drug-likeness (QED) is 0.542. The summed E-state index contributed by atoms with van der Waals surface area (Å²) in [7, 11) is 0. The van der Waals surface area contributed by atoms with E-state index in [-0.39, 0.29) is 17.6 Å². The molecule has 0 aliphatic heterocycles. The first-order chi connectivity index (χ1) is 11.4. The topological polar surface area (TPSA) is 103 Å². The zero-order valence-electron chi connectivity index (χ0n) is 13.7. The highest BCUT2D eigenvalue weighted by Crippen LogP contribution is 2.28. The second-order valence-electron chi connectivity index (χ2n) is 6.05. The van der Waals surface area contributed by atoms with Crippen LogP contribution in [0.5, 0.6) is 0 Å². The fraction of sp³-hybridized carbons (Fsp3) is 0.235. The van der Waals surface area contributed by atoms with Crippen LogP contribution in [0.4, 0.5) is 11.6 Å². The van der Waals surface area contributed by atoms with Crippen LogP contribution in [0.3, 0.4) is 0 Å². The molecular formula is C17H19ClN6. The number of aryl methyl sites for hydroxylation is 1. The van der Waals surface area contributed by atoms with Crippen molar-refractivity contribution in [2.24, 2.45) is 0 Å². The Labute approximate surface area is 145 Å². The van der Waals surface area contributed by atoms with Gasteiger partial charge in [0.1, 0.15) is 18.0 Å². The van der Waals surface area contributed by atoms with Crippen molar-refractivity contribution >= 4 is 39.9 Å². The smallest absolute Gasteiger partial charge is 0.141 e. The third-order valence-corrected chi connectivity index (χ3v) is 3.94. The van der Waals surface area contributed by atoms with Crippen molar-refractivity contribution in [2.75, 3.05) is 11.1 Å². The average molecular weight is 343 g/mol. The molecule has 24 heavy (non-hydrogen) atoms. The molecule has 6 nitrogen and oxygen atoms in total. The number of anilines is 2. The highest BCUT2D eigenvalue weighted by Gasteiger charge is 2.19. The lowest BCUT2D eigenvalue weighted by Crippen LogP contribution is -2.18. The molecule has 0 atom stereocenters. The number of fused-ring (bicyclic) bond motifs is 1. The van der Waals surface area contributed by atoms with Gasteiger partial charge in [-0.25, -0.2) is 9.97 Å². The summed E-state index contributed by atoms with van der Waals surface area (Å²) in [6.07, 6.45) is 1.39. The van der Waals surface area contributed by atoms with Crippen molar-refractivity contribution in [3.05, 3.63) is 46.4 Å². The molecule has 0 aliphatic carbocycles. The van der Waals surface area contributed by atoms with Crippen molar-refractivity contribution in [1.29, 1.82) is 5.41 Å². The van der Waals surface area contributed by atoms with E-state index in [4.69, 9.17) is 22.7 Å². The Kier molecular flexibility index (Phi) is 4.15. The molecule has 5 N–H and O–H groups in total. The Bertz CT molecular complexity index is 928. The van der Waals surface area contributed by atoms with Crippen molar-refractivity contribution in [3.63, 3.8) is 0 Å². The molecule has 0 unspecified atom stereocenters. The monoisotopic (exact) mass is 342 g/mol. The van der Waals surface area contributed by atoms with Crippen LogP contribution in [0.2, 0.25) is 5.02 Å². The van der Waals surface area contributed by atoms with E-state index in [9.17, 15) is 0 Å². The van der Waals surface area contributed by atoms with E-state index < -0.39 is 0 Å². The lowest BCUT2D eigenvalue weighted by atomic mass is 10.1. The molecule has 0 amide bonds. The molecule has 0 aliphatic rings. The molecule has 0 saturated heterocycles. The fourth-order valence-electron chi connectivity index (χ4n) is 2.64. The number of nitrogen functional groups attached to an aromatic ring is 1. The van der Waals surface area contributed by atoms with Gasteiger partial charge in [0, 0.05) is 11.4 Å². The highest BCUT2D eigenvalue weighted by molar-refractivity contribution is 6.35. The van der Waals surface area contributed by atoms with E-state index in [0.29, 0.717) is 22.1 Å². The number of halogens is 1. The van der Waals surface area contributed by atoms with Crippen LogP contribution in [0.15, 0.2) is 24.5 Å². The molecule has 0 fully saturated rings. The third kappa shape index (κ3) is 2.92. The number of hydrogen-bond donors (Lipinski definition) is 4. The molecule has 0 spiro atoms. The van der Waals surface area contributed by atoms with Crippen LogP contribution in [0.25, 0.3) is 10.9 Å². The van der Waals surface area contributed by atoms with E-state index in [0.717, 1.165) is 16.5 Å². The Morgan fingerprint density at radius 3 is 2.75 bits per heavy atom. The van der Waals surface area contributed by atoms with Crippen LogP contribution >= 0.6 is 11.6 Å². The minimum atomic E-state index is 0.158. The Morgan fingerprint density at radius 1 is 1.29 bits per heavy atom. The summed E-state index contributed by atoms with van der Waals surface area (Å²) in [5.74, 6) is 0.808. The molecule has 1 aromatic carbocycles. The third-order valence-electron chi connectivity index (χ3n) is 3.65. The molecular weight excluding hydrogens is 324 g/mol. The van der Waals surface area contributed by atoms with Crippen molar-refractivity contribution < 1.29 is 0 Å². The van der Waals surface area contributed by atoms with Gasteiger partial charge >= 0.3 is 0 Å². The van der Waals surface area contributed by atoms with Gasteiger partial charge in [0.2, 0.25) is 0 Å². The second kappa shape index (κ2) is 6.13. The number of nitrogens with zero attached hydrogens (tertiary/aromatic N) is 2. The summed E-state index contributed by atoms with van der Waals surface area (Å²) in [4.78, 5) is 11.5. The number of benzene rings is 1. The summed E-state index contributed by atoms with van der Waals surface area (Å²) < 4.78 is 0. The maximum atomic E-state index is 8.58. The predicted octanol–water partition coefficient (Wildman–Crippen LogP) is 3.74. The van der Waals surface area contributed by atoms with E-state index in [1.54, 1.807) is 0 Å². The minimum absolute atomic E-state index is 0.158. The fourth-order valence-corrected chi connectivity index (χ4v) is 2.97. The first-order valence-corrected chi connectivity index (χ1v) is 7.99. The van der Waals surface area contributed by atoms with Gasteiger partial charge in [-0.1, -0.05) is 11.6 Å². The van der Waals surface area contributed by atoms with Gasteiger partial charge in [0.15, 0.2) is 0 Å². The number of aromatic nitrogens is 3. The normalized spacial score (nSPS) is 11.2. The van der Waals surface area contributed by atoms with Gasteiger partial charge in [-0.05, 0) is 44.5 Å². The number of rotatable bonds is 4. The maximum absolute atomic E-state index is 8.58. The Balaban J connectivity index is 2.11. The second-order valence-corrected chi connectivity index (χ2v) is 6.46. The van der Waals surface area contributed by atoms with Crippen LogP contribution in [-0.2, 0) is 0 Å². The van der Waals surface area contributed by atoms with E-state index in [1.165, 1.54) is 6.33 Å². The molecule has 0 bridgehead atoms. The van der Waals surface area contributed by atoms with E-state index >= 15 is 0 Å². The predicted molar refractivity (Wildman–Crippen MR) is 99.2 cm³/mol. The molecule has 3 rings (SSSR count). The SMILES string of the molecule is Cc1cc(Cl)c2[nH]c(C(=N)c3c(N)ncnc3NC(C)C)cc2c1. The van der Waals surface area contributed by atoms with Gasteiger partial charge in [-0.2, -0.15) is 0 Å². The van der Waals surface area contributed by atoms with Gasteiger partial charge < -0.3 is 16.0 Å². The van der Waals surface area contributed by atoms with Crippen LogP contribution in [-0.4, -0.2) is 26.7 Å². The summed E-state index contributed by atoms with van der Waals surface area (Å²) in [6, 6.07) is 5.96. The largest absolute Gasteiger partial charge is 0.383 e.